The van der Waals surface area contributed by atoms with Crippen LogP contribution in [0.3, 0.4) is 0 Å². The Morgan fingerprint density at radius 3 is 2.59 bits per heavy atom. The third-order valence-corrected chi connectivity index (χ3v) is 4.17. The number of piperidine rings is 1. The summed E-state index contributed by atoms with van der Waals surface area (Å²) in [6.07, 6.45) is 2.98. The smallest absolute Gasteiger partial charge is 0.251 e. The summed E-state index contributed by atoms with van der Waals surface area (Å²) in [4.78, 5) is 24.3. The lowest BCUT2D eigenvalue weighted by atomic mass is 9.90. The Kier molecular flexibility index (Phi) is 6.38. The Balaban J connectivity index is 0.00000242. The molecule has 0 spiro atoms. The molecule has 1 aromatic rings. The predicted molar refractivity (Wildman–Crippen MR) is 90.7 cm³/mol. The Hall–Kier alpha value is -1.59. The van der Waals surface area contributed by atoms with Gasteiger partial charge in [0.2, 0.25) is 5.91 Å². The van der Waals surface area contributed by atoms with Crippen molar-refractivity contribution in [3.8, 4) is 0 Å². The molecule has 5 nitrogen and oxygen atoms in total. The van der Waals surface area contributed by atoms with Crippen molar-refractivity contribution in [2.24, 2.45) is 0 Å². The minimum atomic E-state index is -0.534. The zero-order valence-corrected chi connectivity index (χ0v) is 14.1. The Morgan fingerprint density at radius 2 is 2.00 bits per heavy atom. The van der Waals surface area contributed by atoms with Crippen molar-refractivity contribution in [3.63, 3.8) is 0 Å². The molecule has 0 bridgehead atoms. The van der Waals surface area contributed by atoms with Gasteiger partial charge in [-0.15, -0.1) is 12.4 Å². The van der Waals surface area contributed by atoms with E-state index in [1.54, 1.807) is 19.2 Å². The first-order valence-electron chi connectivity index (χ1n) is 7.36. The van der Waals surface area contributed by atoms with E-state index >= 15 is 0 Å². The van der Waals surface area contributed by atoms with Gasteiger partial charge in [0, 0.05) is 18.3 Å². The molecule has 1 aromatic carbocycles. The zero-order chi connectivity index (χ0) is 15.5. The van der Waals surface area contributed by atoms with Crippen molar-refractivity contribution in [3.05, 3.63) is 29.3 Å². The molecule has 0 saturated carbocycles. The molecule has 3 N–H and O–H groups in total. The molecule has 1 unspecified atom stereocenters. The molecule has 0 aromatic heterocycles. The van der Waals surface area contributed by atoms with Crippen LogP contribution in [0.4, 0.5) is 5.69 Å². The lowest BCUT2D eigenvalue weighted by Gasteiger charge is -2.33. The lowest BCUT2D eigenvalue weighted by molar-refractivity contribution is -0.122. The summed E-state index contributed by atoms with van der Waals surface area (Å²) >= 11 is 0. The average molecular weight is 326 g/mol. The normalized spacial score (nSPS) is 20.7. The van der Waals surface area contributed by atoms with Gasteiger partial charge in [-0.25, -0.2) is 0 Å². The summed E-state index contributed by atoms with van der Waals surface area (Å²) in [5.41, 5.74) is 1.52. The molecular weight excluding hydrogens is 302 g/mol. The number of amides is 2. The van der Waals surface area contributed by atoms with E-state index in [9.17, 15) is 9.59 Å². The number of anilines is 1. The molecule has 22 heavy (non-hydrogen) atoms. The number of halogens is 1. The molecule has 1 atom stereocenters. The lowest BCUT2D eigenvalue weighted by Crippen LogP contribution is -2.54. The first kappa shape index (κ1) is 18.5. The van der Waals surface area contributed by atoms with Crippen LogP contribution >= 0.6 is 12.4 Å². The first-order chi connectivity index (χ1) is 9.98. The highest BCUT2D eigenvalue weighted by Gasteiger charge is 2.34. The fourth-order valence-corrected chi connectivity index (χ4v) is 2.66. The van der Waals surface area contributed by atoms with E-state index in [1.807, 2.05) is 19.9 Å². The summed E-state index contributed by atoms with van der Waals surface area (Å²) in [7, 11) is 1.60. The SMILES string of the molecule is CNC(=O)c1cccc(NC(=O)C2(C)CCCCN2)c1C.Cl. The van der Waals surface area contributed by atoms with Gasteiger partial charge in [0.25, 0.3) is 5.91 Å². The van der Waals surface area contributed by atoms with Crippen LogP contribution in [0.25, 0.3) is 0 Å². The fraction of sp³-hybridized carbons (Fsp3) is 0.500. The van der Waals surface area contributed by atoms with Gasteiger partial charge in [0.15, 0.2) is 0 Å². The second-order valence-corrected chi connectivity index (χ2v) is 5.73. The van der Waals surface area contributed by atoms with E-state index in [1.165, 1.54) is 0 Å². The molecule has 122 valence electrons. The molecule has 2 amide bonds. The summed E-state index contributed by atoms with van der Waals surface area (Å²) in [6, 6.07) is 5.36. The standard InChI is InChI=1S/C16H23N3O2.ClH/c1-11-12(14(20)17-3)7-6-8-13(11)19-15(21)16(2)9-4-5-10-18-16;/h6-8,18H,4-5,9-10H2,1-3H3,(H,17,20)(H,19,21);1H. The van der Waals surface area contributed by atoms with E-state index in [-0.39, 0.29) is 24.2 Å². The van der Waals surface area contributed by atoms with Crippen LogP contribution in [0.2, 0.25) is 0 Å². The zero-order valence-electron chi connectivity index (χ0n) is 13.3. The summed E-state index contributed by atoms with van der Waals surface area (Å²) in [6.45, 7) is 4.64. The number of benzene rings is 1. The van der Waals surface area contributed by atoms with Crippen LogP contribution in [0.5, 0.6) is 0 Å². The van der Waals surface area contributed by atoms with Gasteiger partial charge in [-0.2, -0.15) is 0 Å². The van der Waals surface area contributed by atoms with Crippen LogP contribution in [0.15, 0.2) is 18.2 Å². The largest absolute Gasteiger partial charge is 0.355 e. The van der Waals surface area contributed by atoms with E-state index in [4.69, 9.17) is 0 Å². The maximum absolute atomic E-state index is 12.5. The quantitative estimate of drug-likeness (QED) is 0.798. The van der Waals surface area contributed by atoms with Crippen LogP contribution < -0.4 is 16.0 Å². The molecule has 0 aliphatic carbocycles. The molecule has 2 rings (SSSR count). The highest BCUT2D eigenvalue weighted by molar-refractivity contribution is 6.01. The highest BCUT2D eigenvalue weighted by Crippen LogP contribution is 2.24. The van der Waals surface area contributed by atoms with Crippen molar-refractivity contribution < 1.29 is 9.59 Å². The van der Waals surface area contributed by atoms with Gasteiger partial charge in [-0.05, 0) is 57.4 Å². The molecule has 1 aliphatic rings. The summed E-state index contributed by atoms with van der Waals surface area (Å²) in [5, 5.41) is 8.86. The molecule has 1 fully saturated rings. The van der Waals surface area contributed by atoms with Gasteiger partial charge < -0.3 is 16.0 Å². The molecule has 0 radical (unpaired) electrons. The topological polar surface area (TPSA) is 70.2 Å². The highest BCUT2D eigenvalue weighted by atomic mass is 35.5. The van der Waals surface area contributed by atoms with Crippen molar-refractivity contribution in [2.75, 3.05) is 18.9 Å². The number of rotatable bonds is 3. The van der Waals surface area contributed by atoms with Crippen LogP contribution in [-0.2, 0) is 4.79 Å². The number of hydrogen-bond acceptors (Lipinski definition) is 3. The monoisotopic (exact) mass is 325 g/mol. The maximum atomic E-state index is 12.5. The number of carbonyl (C=O) groups is 2. The van der Waals surface area contributed by atoms with Gasteiger partial charge >= 0.3 is 0 Å². The molecule has 1 aliphatic heterocycles. The van der Waals surface area contributed by atoms with Crippen molar-refractivity contribution >= 4 is 29.9 Å². The number of hydrogen-bond donors (Lipinski definition) is 3. The van der Waals surface area contributed by atoms with Crippen molar-refractivity contribution in [1.29, 1.82) is 0 Å². The first-order valence-corrected chi connectivity index (χ1v) is 7.36. The average Bonchev–Trinajstić information content (AvgIpc) is 2.49. The summed E-state index contributed by atoms with van der Waals surface area (Å²) < 4.78 is 0. The maximum Gasteiger partial charge on any atom is 0.251 e. The third kappa shape index (κ3) is 3.78. The molecule has 1 saturated heterocycles. The van der Waals surface area contributed by atoms with Crippen molar-refractivity contribution in [2.45, 2.75) is 38.6 Å². The fourth-order valence-electron chi connectivity index (χ4n) is 2.66. The predicted octanol–water partition coefficient (Wildman–Crippen LogP) is 2.25. The van der Waals surface area contributed by atoms with E-state index in [0.717, 1.165) is 31.4 Å². The van der Waals surface area contributed by atoms with E-state index in [0.29, 0.717) is 11.3 Å². The van der Waals surface area contributed by atoms with Crippen LogP contribution in [0.1, 0.15) is 42.1 Å². The van der Waals surface area contributed by atoms with E-state index < -0.39 is 5.54 Å². The van der Waals surface area contributed by atoms with Gasteiger partial charge in [-0.1, -0.05) is 6.07 Å². The number of nitrogens with one attached hydrogen (secondary N) is 3. The summed E-state index contributed by atoms with van der Waals surface area (Å²) in [5.74, 6) is -0.190. The van der Waals surface area contributed by atoms with Gasteiger partial charge in [0.1, 0.15) is 0 Å². The minimum Gasteiger partial charge on any atom is -0.355 e. The third-order valence-electron chi connectivity index (χ3n) is 4.17. The van der Waals surface area contributed by atoms with E-state index in [2.05, 4.69) is 16.0 Å². The van der Waals surface area contributed by atoms with Gasteiger partial charge in [0.05, 0.1) is 5.54 Å². The second kappa shape index (κ2) is 7.61. The van der Waals surface area contributed by atoms with Gasteiger partial charge in [-0.3, -0.25) is 9.59 Å². The Bertz CT molecular complexity index is 554. The Labute approximate surface area is 137 Å². The molecule has 6 heteroatoms. The Morgan fingerprint density at radius 1 is 1.27 bits per heavy atom. The number of carbonyl (C=O) groups excluding carboxylic acids is 2. The molecule has 1 heterocycles. The second-order valence-electron chi connectivity index (χ2n) is 5.73. The molecular formula is C16H24ClN3O2. The van der Waals surface area contributed by atoms with Crippen LogP contribution in [0, 0.1) is 6.92 Å². The minimum absolute atomic E-state index is 0. The van der Waals surface area contributed by atoms with Crippen LogP contribution in [-0.4, -0.2) is 30.9 Å². The van der Waals surface area contributed by atoms with Crippen molar-refractivity contribution in [1.82, 2.24) is 10.6 Å².